The average Bonchev–Trinajstić information content (AvgIpc) is 3.35. The number of carbonyl (C=O) groups excluding carboxylic acids is 1. The van der Waals surface area contributed by atoms with Gasteiger partial charge in [0.25, 0.3) is 0 Å². The van der Waals surface area contributed by atoms with E-state index in [0.717, 1.165) is 22.3 Å². The summed E-state index contributed by atoms with van der Waals surface area (Å²) < 4.78 is 23.8. The number of alkyl carbamates (subject to hydrolysis) is 1. The predicted molar refractivity (Wildman–Crippen MR) is 155 cm³/mol. The molecule has 0 bridgehead atoms. The molecule has 0 spiro atoms. The van der Waals surface area contributed by atoms with Crippen molar-refractivity contribution in [2.45, 2.75) is 51.7 Å². The Morgan fingerprint density at radius 1 is 0.949 bits per heavy atom. The third-order valence-electron chi connectivity index (χ3n) is 8.15. The van der Waals surface area contributed by atoms with Crippen molar-refractivity contribution in [2.75, 3.05) is 20.3 Å². The fourth-order valence-corrected chi connectivity index (χ4v) is 5.16. The quantitative estimate of drug-likeness (QED) is 0.354. The molecule has 7 heteroatoms. The molecule has 1 fully saturated rings. The maximum Gasteiger partial charge on any atom is 0.492 e. The first-order chi connectivity index (χ1) is 18.6. The maximum atomic E-state index is 12.9. The molecule has 3 aromatic carbocycles. The van der Waals surface area contributed by atoms with E-state index in [1.54, 1.807) is 7.11 Å². The summed E-state index contributed by atoms with van der Waals surface area (Å²) in [6.07, 6.45) is 1.53. The van der Waals surface area contributed by atoms with Crippen LogP contribution in [0.2, 0.25) is 0 Å². The van der Waals surface area contributed by atoms with Gasteiger partial charge in [0.15, 0.2) is 0 Å². The molecule has 0 unspecified atom stereocenters. The van der Waals surface area contributed by atoms with Crippen molar-refractivity contribution < 1.29 is 23.6 Å². The molecule has 0 atom stereocenters. The van der Waals surface area contributed by atoms with Crippen LogP contribution in [0.5, 0.6) is 5.75 Å². The summed E-state index contributed by atoms with van der Waals surface area (Å²) >= 11 is 0. The minimum Gasteiger partial charge on any atom is -0.497 e. The van der Waals surface area contributed by atoms with Gasteiger partial charge in [0.1, 0.15) is 12.4 Å². The summed E-state index contributed by atoms with van der Waals surface area (Å²) in [6, 6.07) is 22.5. The highest BCUT2D eigenvalue weighted by atomic mass is 16.7. The maximum absolute atomic E-state index is 12.9. The van der Waals surface area contributed by atoms with Crippen LogP contribution in [0.3, 0.4) is 0 Å². The van der Waals surface area contributed by atoms with Crippen molar-refractivity contribution in [2.24, 2.45) is 0 Å². The van der Waals surface area contributed by atoms with Gasteiger partial charge < -0.3 is 24.1 Å². The topological polar surface area (TPSA) is 66.0 Å². The first kappa shape index (κ1) is 27.0. The molecule has 2 aliphatic rings. The number of hydrogen-bond donors (Lipinski definition) is 1. The van der Waals surface area contributed by atoms with Crippen molar-refractivity contribution in [3.63, 3.8) is 0 Å². The summed E-state index contributed by atoms with van der Waals surface area (Å²) in [5.74, 6) is 0.793. The molecule has 0 aromatic heterocycles. The van der Waals surface area contributed by atoms with Crippen LogP contribution in [-0.2, 0) is 14.0 Å². The van der Waals surface area contributed by atoms with Crippen LogP contribution in [0.1, 0.15) is 55.9 Å². The number of fused-ring (bicyclic) bond motifs is 3. The Morgan fingerprint density at radius 2 is 1.54 bits per heavy atom. The molecular formula is C32H36BNO5. The molecular weight excluding hydrogens is 489 g/mol. The largest absolute Gasteiger partial charge is 0.497 e. The lowest BCUT2D eigenvalue weighted by molar-refractivity contribution is 0.00578. The number of ether oxygens (including phenoxy) is 2. The lowest BCUT2D eigenvalue weighted by Gasteiger charge is -2.32. The van der Waals surface area contributed by atoms with Gasteiger partial charge in [0.05, 0.1) is 18.3 Å². The van der Waals surface area contributed by atoms with Crippen molar-refractivity contribution in [3.8, 4) is 16.9 Å². The number of aryl methyl sites for hydroxylation is 1. The molecule has 0 radical (unpaired) electrons. The Morgan fingerprint density at radius 3 is 2.10 bits per heavy atom. The van der Waals surface area contributed by atoms with Crippen LogP contribution in [0.25, 0.3) is 17.2 Å². The molecule has 1 aliphatic carbocycles. The molecule has 1 N–H and O–H groups in total. The number of hydrogen-bond acceptors (Lipinski definition) is 5. The first-order valence-electron chi connectivity index (χ1n) is 13.4. The van der Waals surface area contributed by atoms with E-state index in [2.05, 4.69) is 29.6 Å². The fraction of sp³-hybridized carbons (Fsp3) is 0.344. The van der Waals surface area contributed by atoms with Crippen LogP contribution >= 0.6 is 0 Å². The van der Waals surface area contributed by atoms with Crippen molar-refractivity contribution in [3.05, 3.63) is 94.5 Å². The van der Waals surface area contributed by atoms with Gasteiger partial charge in [-0.2, -0.15) is 0 Å². The second-order valence-electron chi connectivity index (χ2n) is 11.2. The fourth-order valence-electron chi connectivity index (χ4n) is 5.16. The zero-order chi connectivity index (χ0) is 27.8. The van der Waals surface area contributed by atoms with E-state index in [0.29, 0.717) is 0 Å². The minimum absolute atomic E-state index is 0.00297. The van der Waals surface area contributed by atoms with E-state index in [4.69, 9.17) is 18.8 Å². The average molecular weight is 525 g/mol. The highest BCUT2D eigenvalue weighted by molar-refractivity contribution is 6.56. The van der Waals surface area contributed by atoms with Gasteiger partial charge in [-0.3, -0.25) is 0 Å². The summed E-state index contributed by atoms with van der Waals surface area (Å²) in [7, 11) is 1.05. The Bertz CT molecular complexity index is 1350. The molecule has 1 saturated heterocycles. The van der Waals surface area contributed by atoms with E-state index in [-0.39, 0.29) is 19.1 Å². The molecule has 1 amide bonds. The van der Waals surface area contributed by atoms with Gasteiger partial charge in [0, 0.05) is 12.5 Å². The van der Waals surface area contributed by atoms with E-state index in [1.807, 2.05) is 83.2 Å². The van der Waals surface area contributed by atoms with Crippen molar-refractivity contribution in [1.29, 1.82) is 0 Å². The van der Waals surface area contributed by atoms with Gasteiger partial charge in [-0.15, -0.1) is 0 Å². The molecule has 6 nitrogen and oxygen atoms in total. The third kappa shape index (κ3) is 5.34. The summed E-state index contributed by atoms with van der Waals surface area (Å²) in [5.41, 5.74) is 6.59. The van der Waals surface area contributed by atoms with E-state index < -0.39 is 24.4 Å². The van der Waals surface area contributed by atoms with Gasteiger partial charge in [0.2, 0.25) is 0 Å². The molecule has 202 valence electrons. The van der Waals surface area contributed by atoms with Gasteiger partial charge in [-0.1, -0.05) is 60.7 Å². The predicted octanol–water partition coefficient (Wildman–Crippen LogP) is 6.56. The summed E-state index contributed by atoms with van der Waals surface area (Å²) in [6.45, 7) is 10.6. The smallest absolute Gasteiger partial charge is 0.492 e. The Balaban J connectivity index is 1.31. The molecule has 3 aromatic rings. The number of rotatable bonds is 7. The van der Waals surface area contributed by atoms with Crippen LogP contribution in [-0.4, -0.2) is 44.7 Å². The van der Waals surface area contributed by atoms with E-state index in [9.17, 15) is 4.79 Å². The Hall–Kier alpha value is -3.55. The van der Waals surface area contributed by atoms with Crippen LogP contribution in [0.4, 0.5) is 4.79 Å². The zero-order valence-electron chi connectivity index (χ0n) is 23.5. The monoisotopic (exact) mass is 525 g/mol. The second kappa shape index (κ2) is 10.6. The van der Waals surface area contributed by atoms with E-state index >= 15 is 0 Å². The van der Waals surface area contributed by atoms with Gasteiger partial charge in [-0.05, 0) is 85.6 Å². The van der Waals surface area contributed by atoms with E-state index in [1.165, 1.54) is 22.3 Å². The van der Waals surface area contributed by atoms with Crippen LogP contribution < -0.4 is 10.1 Å². The van der Waals surface area contributed by atoms with Crippen LogP contribution in [0.15, 0.2) is 72.2 Å². The highest BCUT2D eigenvalue weighted by Gasteiger charge is 2.52. The number of nitrogens with one attached hydrogen (secondary N) is 1. The molecule has 0 saturated carbocycles. The lowest BCUT2D eigenvalue weighted by atomic mass is 9.76. The standard InChI is InChI=1S/C32H36BNO5/c1-21-17-24(36-6)16-15-22(21)18-23(33-38-31(2,3)32(4,5)39-33)19-34-30(35)37-20-29-27-13-9-7-11-25(27)26-12-8-10-14-28(26)29/h7-18,29H,19-20H2,1-6H3,(H,34,35). The number of benzene rings is 3. The summed E-state index contributed by atoms with van der Waals surface area (Å²) in [4.78, 5) is 12.9. The number of carbonyl (C=O) groups is 1. The van der Waals surface area contributed by atoms with Gasteiger partial charge >= 0.3 is 13.2 Å². The first-order valence-corrected chi connectivity index (χ1v) is 13.4. The highest BCUT2D eigenvalue weighted by Crippen LogP contribution is 2.44. The van der Waals surface area contributed by atoms with Crippen molar-refractivity contribution in [1.82, 2.24) is 5.32 Å². The molecule has 5 rings (SSSR count). The SMILES string of the molecule is COc1ccc(C=C(CNC(=O)OCC2c3ccccc3-c3ccccc32)B2OC(C)(C)C(C)(C)O2)c(C)c1. The zero-order valence-corrected chi connectivity index (χ0v) is 23.5. The molecule has 39 heavy (non-hydrogen) atoms. The van der Waals surface area contributed by atoms with Crippen molar-refractivity contribution >= 4 is 19.3 Å². The number of amides is 1. The van der Waals surface area contributed by atoms with Gasteiger partial charge in [-0.25, -0.2) is 4.79 Å². The Kier molecular flexibility index (Phi) is 7.32. The second-order valence-corrected chi connectivity index (χ2v) is 11.2. The third-order valence-corrected chi connectivity index (χ3v) is 8.15. The normalized spacial score (nSPS) is 17.5. The van der Waals surface area contributed by atoms with Crippen LogP contribution in [0, 0.1) is 6.92 Å². The number of methoxy groups -OCH3 is 1. The minimum atomic E-state index is -0.606. The molecule has 1 aliphatic heterocycles. The summed E-state index contributed by atoms with van der Waals surface area (Å²) in [5, 5.41) is 2.93. The Labute approximate surface area is 231 Å². The molecule has 1 heterocycles. The lowest BCUT2D eigenvalue weighted by Crippen LogP contribution is -2.41.